The molecular weight excluding hydrogens is 252 g/mol. The molecule has 104 valence electrons. The Morgan fingerprint density at radius 2 is 1.95 bits per heavy atom. The number of rotatable bonds is 4. The number of hydrogen-bond acceptors (Lipinski definition) is 6. The van der Waals surface area contributed by atoms with Crippen LogP contribution in [0.1, 0.15) is 11.9 Å². The van der Waals surface area contributed by atoms with Crippen LogP contribution in [-0.2, 0) is 14.3 Å². The largest absolute Gasteiger partial charge is 0.388 e. The van der Waals surface area contributed by atoms with Crippen molar-refractivity contribution in [3.05, 3.63) is 35.9 Å². The maximum atomic E-state index is 10.5. The van der Waals surface area contributed by atoms with Gasteiger partial charge in [-0.2, -0.15) is 0 Å². The van der Waals surface area contributed by atoms with E-state index in [4.69, 9.17) is 9.47 Å². The van der Waals surface area contributed by atoms with Gasteiger partial charge in [-0.3, -0.25) is 0 Å². The van der Waals surface area contributed by atoms with Crippen LogP contribution >= 0.6 is 0 Å². The van der Waals surface area contributed by atoms with Crippen molar-refractivity contribution in [2.24, 2.45) is 0 Å². The number of benzene rings is 1. The van der Waals surface area contributed by atoms with E-state index in [0.717, 1.165) is 5.56 Å². The third kappa shape index (κ3) is 3.17. The van der Waals surface area contributed by atoms with E-state index in [0.29, 0.717) is 0 Å². The number of carbonyl (C=O) groups excluding carboxylic acids is 1. The molecule has 0 amide bonds. The minimum absolute atomic E-state index is 0.0487. The van der Waals surface area contributed by atoms with Crippen LogP contribution in [0.4, 0.5) is 0 Å². The SMILES string of the molecule is O=CC(O)C(O)C1OC(c2ccccc2)OCC1O. The number of carbonyl (C=O) groups is 1. The Bertz CT molecular complexity index is 409. The van der Waals surface area contributed by atoms with Gasteiger partial charge in [0.25, 0.3) is 0 Å². The molecule has 3 N–H and O–H groups in total. The van der Waals surface area contributed by atoms with Gasteiger partial charge in [0.1, 0.15) is 24.4 Å². The first-order valence-corrected chi connectivity index (χ1v) is 5.95. The van der Waals surface area contributed by atoms with E-state index in [1.165, 1.54) is 0 Å². The molecule has 1 aromatic rings. The summed E-state index contributed by atoms with van der Waals surface area (Å²) >= 11 is 0. The molecule has 1 aliphatic rings. The fourth-order valence-corrected chi connectivity index (χ4v) is 1.92. The van der Waals surface area contributed by atoms with Gasteiger partial charge in [-0.05, 0) is 0 Å². The maximum Gasteiger partial charge on any atom is 0.184 e. The minimum Gasteiger partial charge on any atom is -0.388 e. The quantitative estimate of drug-likeness (QED) is 0.630. The van der Waals surface area contributed by atoms with Crippen LogP contribution in [0, 0.1) is 0 Å². The number of aliphatic hydroxyl groups excluding tert-OH is 3. The number of aliphatic hydroxyl groups is 3. The summed E-state index contributed by atoms with van der Waals surface area (Å²) in [6, 6.07) is 9.01. The van der Waals surface area contributed by atoms with Crippen LogP contribution in [-0.4, -0.2) is 52.6 Å². The van der Waals surface area contributed by atoms with E-state index in [2.05, 4.69) is 0 Å². The summed E-state index contributed by atoms with van der Waals surface area (Å²) in [6.07, 6.45) is -5.84. The van der Waals surface area contributed by atoms with Crippen molar-refractivity contribution in [2.75, 3.05) is 6.61 Å². The van der Waals surface area contributed by atoms with Gasteiger partial charge in [0.05, 0.1) is 6.61 Å². The van der Waals surface area contributed by atoms with Gasteiger partial charge >= 0.3 is 0 Å². The zero-order valence-corrected chi connectivity index (χ0v) is 10.1. The Balaban J connectivity index is 2.10. The van der Waals surface area contributed by atoms with Crippen molar-refractivity contribution in [3.8, 4) is 0 Å². The topological polar surface area (TPSA) is 96.2 Å². The molecule has 6 heteroatoms. The summed E-state index contributed by atoms with van der Waals surface area (Å²) in [4.78, 5) is 10.5. The molecule has 1 aliphatic heterocycles. The van der Waals surface area contributed by atoms with Gasteiger partial charge in [-0.1, -0.05) is 30.3 Å². The zero-order valence-electron chi connectivity index (χ0n) is 10.1. The average Bonchev–Trinajstić information content (AvgIpc) is 2.47. The highest BCUT2D eigenvalue weighted by Crippen LogP contribution is 2.28. The van der Waals surface area contributed by atoms with Crippen molar-refractivity contribution in [1.82, 2.24) is 0 Å². The van der Waals surface area contributed by atoms with Gasteiger partial charge in [0.15, 0.2) is 12.6 Å². The van der Waals surface area contributed by atoms with E-state index >= 15 is 0 Å². The van der Waals surface area contributed by atoms with Crippen LogP contribution in [0.3, 0.4) is 0 Å². The van der Waals surface area contributed by atoms with Crippen LogP contribution in [0.15, 0.2) is 30.3 Å². The number of hydrogen-bond donors (Lipinski definition) is 3. The van der Waals surface area contributed by atoms with E-state index < -0.39 is 30.7 Å². The maximum absolute atomic E-state index is 10.5. The number of ether oxygens (including phenoxy) is 2. The zero-order chi connectivity index (χ0) is 13.8. The van der Waals surface area contributed by atoms with Crippen molar-refractivity contribution in [2.45, 2.75) is 30.7 Å². The molecule has 1 saturated heterocycles. The molecule has 2 rings (SSSR count). The lowest BCUT2D eigenvalue weighted by molar-refractivity contribution is -0.281. The van der Waals surface area contributed by atoms with E-state index in [-0.39, 0.29) is 12.9 Å². The third-order valence-electron chi connectivity index (χ3n) is 2.98. The molecule has 1 heterocycles. The highest BCUT2D eigenvalue weighted by atomic mass is 16.7. The van der Waals surface area contributed by atoms with E-state index in [9.17, 15) is 20.1 Å². The second-order valence-electron chi connectivity index (χ2n) is 4.36. The first-order valence-electron chi connectivity index (χ1n) is 5.95. The lowest BCUT2D eigenvalue weighted by Crippen LogP contribution is -2.51. The van der Waals surface area contributed by atoms with Crippen LogP contribution < -0.4 is 0 Å². The predicted octanol–water partition coefficient (Wildman–Crippen LogP) is -0.618. The van der Waals surface area contributed by atoms with Gasteiger partial charge in [0.2, 0.25) is 0 Å². The molecule has 1 aromatic carbocycles. The Labute approximate surface area is 110 Å². The third-order valence-corrected chi connectivity index (χ3v) is 2.98. The van der Waals surface area contributed by atoms with Crippen molar-refractivity contribution in [3.63, 3.8) is 0 Å². The standard InChI is InChI=1S/C13H16O6/c14-6-9(15)11(17)12-10(16)7-18-13(19-12)8-4-2-1-3-5-8/h1-6,9-13,15-17H,7H2. The molecule has 0 radical (unpaired) electrons. The van der Waals surface area contributed by atoms with Crippen molar-refractivity contribution in [1.29, 1.82) is 0 Å². The van der Waals surface area contributed by atoms with Crippen molar-refractivity contribution >= 4 is 6.29 Å². The lowest BCUT2D eigenvalue weighted by Gasteiger charge is -2.37. The van der Waals surface area contributed by atoms with Gasteiger partial charge < -0.3 is 29.6 Å². The fourth-order valence-electron chi connectivity index (χ4n) is 1.92. The summed E-state index contributed by atoms with van der Waals surface area (Å²) in [5, 5.41) is 28.8. The normalized spacial score (nSPS) is 30.6. The first-order chi connectivity index (χ1) is 9.13. The molecule has 0 saturated carbocycles. The predicted molar refractivity (Wildman–Crippen MR) is 64.1 cm³/mol. The molecule has 19 heavy (non-hydrogen) atoms. The van der Waals surface area contributed by atoms with Crippen LogP contribution in [0.25, 0.3) is 0 Å². The van der Waals surface area contributed by atoms with Gasteiger partial charge in [0, 0.05) is 5.56 Å². The highest BCUT2D eigenvalue weighted by Gasteiger charge is 2.39. The Kier molecular flexibility index (Phi) is 4.62. The monoisotopic (exact) mass is 268 g/mol. The highest BCUT2D eigenvalue weighted by molar-refractivity contribution is 5.56. The average molecular weight is 268 g/mol. The Morgan fingerprint density at radius 1 is 1.26 bits per heavy atom. The van der Waals surface area contributed by atoms with E-state index in [1.54, 1.807) is 24.3 Å². The molecule has 0 spiro atoms. The minimum atomic E-state index is -1.60. The summed E-state index contributed by atoms with van der Waals surface area (Å²) < 4.78 is 10.7. The summed E-state index contributed by atoms with van der Waals surface area (Å²) in [6.45, 7) is -0.0487. The summed E-state index contributed by atoms with van der Waals surface area (Å²) in [7, 11) is 0. The molecule has 0 bridgehead atoms. The van der Waals surface area contributed by atoms with Crippen molar-refractivity contribution < 1.29 is 29.6 Å². The second kappa shape index (κ2) is 6.23. The molecular formula is C13H16O6. The molecule has 5 atom stereocenters. The Hall–Kier alpha value is -1.31. The van der Waals surface area contributed by atoms with Crippen LogP contribution in [0.2, 0.25) is 0 Å². The Morgan fingerprint density at radius 3 is 2.58 bits per heavy atom. The smallest absolute Gasteiger partial charge is 0.184 e. The van der Waals surface area contributed by atoms with Gasteiger partial charge in [-0.15, -0.1) is 0 Å². The molecule has 6 nitrogen and oxygen atoms in total. The van der Waals surface area contributed by atoms with Crippen LogP contribution in [0.5, 0.6) is 0 Å². The van der Waals surface area contributed by atoms with E-state index in [1.807, 2.05) is 6.07 Å². The number of aldehydes is 1. The molecule has 1 fully saturated rings. The molecule has 0 aromatic heterocycles. The first kappa shape index (κ1) is 14.1. The molecule has 0 aliphatic carbocycles. The summed E-state index contributed by atoms with van der Waals surface area (Å²) in [5.41, 5.74) is 0.729. The second-order valence-corrected chi connectivity index (χ2v) is 4.36. The lowest BCUT2D eigenvalue weighted by atomic mass is 10.0. The summed E-state index contributed by atoms with van der Waals surface area (Å²) in [5.74, 6) is 0. The van der Waals surface area contributed by atoms with Gasteiger partial charge in [-0.25, -0.2) is 0 Å². The fraction of sp³-hybridized carbons (Fsp3) is 0.462. The molecule has 5 unspecified atom stereocenters.